The van der Waals surface area contributed by atoms with Crippen LogP contribution in [-0.4, -0.2) is 20.3 Å². The molecule has 0 amide bonds. The standard InChI is InChI=1S/C25H22FN5O/c1-25(2,3)29-21-13-12-20(23(26)28-21)22-18-6-4-5-7-19(18)24(32)31(30-22)15-17-10-8-16(14-27)9-11-17/h4-13H,15H2,1-3H3,(H,28,29). The first-order valence-corrected chi connectivity index (χ1v) is 10.2. The van der Waals surface area contributed by atoms with Crippen molar-refractivity contribution < 1.29 is 4.39 Å². The summed E-state index contributed by atoms with van der Waals surface area (Å²) < 4.78 is 16.4. The zero-order chi connectivity index (χ0) is 22.9. The summed E-state index contributed by atoms with van der Waals surface area (Å²) in [7, 11) is 0. The molecule has 7 heteroatoms. The van der Waals surface area contributed by atoms with E-state index in [1.54, 1.807) is 60.7 Å². The molecule has 0 aliphatic rings. The van der Waals surface area contributed by atoms with E-state index in [2.05, 4.69) is 21.5 Å². The van der Waals surface area contributed by atoms with Crippen LogP contribution in [0.25, 0.3) is 22.0 Å². The molecular weight excluding hydrogens is 405 g/mol. The predicted octanol–water partition coefficient (Wildman–Crippen LogP) is 4.73. The van der Waals surface area contributed by atoms with Gasteiger partial charge < -0.3 is 5.32 Å². The highest BCUT2D eigenvalue weighted by atomic mass is 19.1. The quantitative estimate of drug-likeness (QED) is 0.476. The Kier molecular flexibility index (Phi) is 5.45. The van der Waals surface area contributed by atoms with Gasteiger partial charge in [0.1, 0.15) is 11.5 Å². The van der Waals surface area contributed by atoms with Crippen molar-refractivity contribution in [2.75, 3.05) is 5.32 Å². The topological polar surface area (TPSA) is 83.6 Å². The Morgan fingerprint density at radius 2 is 1.72 bits per heavy atom. The number of nitrogens with one attached hydrogen (secondary N) is 1. The van der Waals surface area contributed by atoms with Crippen molar-refractivity contribution in [3.8, 4) is 17.3 Å². The van der Waals surface area contributed by atoms with Gasteiger partial charge in [0, 0.05) is 10.9 Å². The molecule has 0 spiro atoms. The van der Waals surface area contributed by atoms with Gasteiger partial charge in [-0.25, -0.2) is 9.67 Å². The maximum Gasteiger partial charge on any atom is 0.274 e. The molecule has 0 atom stereocenters. The number of aromatic nitrogens is 3. The Hall–Kier alpha value is -4.05. The fraction of sp³-hybridized carbons (Fsp3) is 0.200. The third kappa shape index (κ3) is 4.35. The Labute approximate surface area is 185 Å². The highest BCUT2D eigenvalue weighted by Gasteiger charge is 2.18. The van der Waals surface area contributed by atoms with Crippen molar-refractivity contribution in [1.82, 2.24) is 14.8 Å². The second-order valence-electron chi connectivity index (χ2n) is 8.58. The van der Waals surface area contributed by atoms with E-state index in [0.29, 0.717) is 27.8 Å². The van der Waals surface area contributed by atoms with Crippen molar-refractivity contribution in [3.05, 3.63) is 88.1 Å². The van der Waals surface area contributed by atoms with E-state index >= 15 is 4.39 Å². The molecule has 0 aliphatic heterocycles. The number of rotatable bonds is 4. The minimum atomic E-state index is -0.666. The summed E-state index contributed by atoms with van der Waals surface area (Å²) in [6.45, 7) is 6.10. The van der Waals surface area contributed by atoms with Crippen molar-refractivity contribution in [2.24, 2.45) is 0 Å². The minimum Gasteiger partial charge on any atom is -0.365 e. The second-order valence-corrected chi connectivity index (χ2v) is 8.58. The van der Waals surface area contributed by atoms with Crippen LogP contribution in [0.5, 0.6) is 0 Å². The average molecular weight is 427 g/mol. The van der Waals surface area contributed by atoms with Crippen LogP contribution in [0.3, 0.4) is 0 Å². The largest absolute Gasteiger partial charge is 0.365 e. The first-order chi connectivity index (χ1) is 15.2. The summed E-state index contributed by atoms with van der Waals surface area (Å²) in [6, 6.07) is 19.3. The number of hydrogen-bond acceptors (Lipinski definition) is 5. The van der Waals surface area contributed by atoms with Gasteiger partial charge in [-0.1, -0.05) is 30.3 Å². The summed E-state index contributed by atoms with van der Waals surface area (Å²) in [4.78, 5) is 17.1. The van der Waals surface area contributed by atoms with Crippen LogP contribution in [0, 0.1) is 17.3 Å². The smallest absolute Gasteiger partial charge is 0.274 e. The van der Waals surface area contributed by atoms with Crippen LogP contribution in [0.1, 0.15) is 31.9 Å². The fourth-order valence-electron chi connectivity index (χ4n) is 3.46. The third-order valence-corrected chi connectivity index (χ3v) is 4.89. The Morgan fingerprint density at radius 1 is 1.03 bits per heavy atom. The Morgan fingerprint density at radius 3 is 2.34 bits per heavy atom. The van der Waals surface area contributed by atoms with Crippen LogP contribution < -0.4 is 10.9 Å². The number of fused-ring (bicyclic) bond motifs is 1. The van der Waals surface area contributed by atoms with E-state index in [0.717, 1.165) is 5.56 Å². The SMILES string of the molecule is CC(C)(C)Nc1ccc(-c2nn(Cc3ccc(C#N)cc3)c(=O)c3ccccc23)c(F)n1. The summed E-state index contributed by atoms with van der Waals surface area (Å²) >= 11 is 0. The molecule has 0 radical (unpaired) electrons. The van der Waals surface area contributed by atoms with Crippen LogP contribution in [0.15, 0.2) is 65.5 Å². The molecular formula is C25H22FN5O. The third-order valence-electron chi connectivity index (χ3n) is 4.89. The van der Waals surface area contributed by atoms with Gasteiger partial charge in [-0.05, 0) is 56.7 Å². The van der Waals surface area contributed by atoms with Crippen LogP contribution >= 0.6 is 0 Å². The normalized spacial score (nSPS) is 11.3. The molecule has 2 aromatic heterocycles. The van der Waals surface area contributed by atoms with Crippen molar-refractivity contribution in [1.29, 1.82) is 5.26 Å². The van der Waals surface area contributed by atoms with Gasteiger partial charge in [0.15, 0.2) is 0 Å². The molecule has 0 fully saturated rings. The summed E-state index contributed by atoms with van der Waals surface area (Å²) in [5.41, 5.74) is 1.37. The number of hydrogen-bond donors (Lipinski definition) is 1. The predicted molar refractivity (Wildman–Crippen MR) is 123 cm³/mol. The highest BCUT2D eigenvalue weighted by molar-refractivity contribution is 5.93. The second kappa shape index (κ2) is 8.23. The van der Waals surface area contributed by atoms with Gasteiger partial charge in [-0.15, -0.1) is 0 Å². The fourth-order valence-corrected chi connectivity index (χ4v) is 3.46. The zero-order valence-electron chi connectivity index (χ0n) is 18.1. The summed E-state index contributed by atoms with van der Waals surface area (Å²) in [5.74, 6) is -0.241. The van der Waals surface area contributed by atoms with Gasteiger partial charge in [-0.2, -0.15) is 14.8 Å². The van der Waals surface area contributed by atoms with Crippen molar-refractivity contribution in [2.45, 2.75) is 32.9 Å². The number of pyridine rings is 1. The maximum absolute atomic E-state index is 15.1. The highest BCUT2D eigenvalue weighted by Crippen LogP contribution is 2.28. The lowest BCUT2D eigenvalue weighted by atomic mass is 10.1. The van der Waals surface area contributed by atoms with Crippen molar-refractivity contribution >= 4 is 16.6 Å². The molecule has 32 heavy (non-hydrogen) atoms. The Balaban J connectivity index is 1.83. The number of nitrogens with zero attached hydrogens (tertiary/aromatic N) is 4. The number of nitriles is 1. The molecule has 160 valence electrons. The molecule has 1 N–H and O–H groups in total. The number of anilines is 1. The van der Waals surface area contributed by atoms with E-state index in [9.17, 15) is 4.79 Å². The van der Waals surface area contributed by atoms with Crippen LogP contribution in [0.2, 0.25) is 0 Å². The molecule has 6 nitrogen and oxygen atoms in total. The van der Waals surface area contributed by atoms with Crippen molar-refractivity contribution in [3.63, 3.8) is 0 Å². The van der Waals surface area contributed by atoms with E-state index in [-0.39, 0.29) is 23.2 Å². The molecule has 0 saturated carbocycles. The minimum absolute atomic E-state index is 0.196. The monoisotopic (exact) mass is 427 g/mol. The lowest BCUT2D eigenvalue weighted by Crippen LogP contribution is -2.27. The van der Waals surface area contributed by atoms with Gasteiger partial charge in [0.2, 0.25) is 5.95 Å². The van der Waals surface area contributed by atoms with E-state index in [1.807, 2.05) is 20.8 Å². The zero-order valence-corrected chi connectivity index (χ0v) is 18.1. The molecule has 0 bridgehead atoms. The van der Waals surface area contributed by atoms with Crippen LogP contribution in [0.4, 0.5) is 10.2 Å². The van der Waals surface area contributed by atoms with Gasteiger partial charge in [-0.3, -0.25) is 4.79 Å². The molecule has 2 aromatic carbocycles. The lowest BCUT2D eigenvalue weighted by molar-refractivity contribution is 0.578. The molecule has 4 rings (SSSR count). The summed E-state index contributed by atoms with van der Waals surface area (Å²) in [6.07, 6.45) is 0. The number of halogens is 1. The van der Waals surface area contributed by atoms with E-state index in [4.69, 9.17) is 5.26 Å². The van der Waals surface area contributed by atoms with E-state index in [1.165, 1.54) is 4.68 Å². The Bertz CT molecular complexity index is 1400. The first kappa shape index (κ1) is 21.2. The molecule has 0 aliphatic carbocycles. The molecule has 2 heterocycles. The van der Waals surface area contributed by atoms with Gasteiger partial charge in [0.25, 0.3) is 5.56 Å². The molecule has 0 saturated heterocycles. The summed E-state index contributed by atoms with van der Waals surface area (Å²) in [5, 5.41) is 17.7. The molecule has 4 aromatic rings. The number of benzene rings is 2. The average Bonchev–Trinajstić information content (AvgIpc) is 2.76. The first-order valence-electron chi connectivity index (χ1n) is 10.2. The van der Waals surface area contributed by atoms with Crippen LogP contribution in [-0.2, 0) is 6.54 Å². The van der Waals surface area contributed by atoms with E-state index < -0.39 is 5.95 Å². The van der Waals surface area contributed by atoms with Gasteiger partial charge >= 0.3 is 0 Å². The van der Waals surface area contributed by atoms with Gasteiger partial charge in [0.05, 0.1) is 29.1 Å². The molecule has 0 unspecified atom stereocenters. The maximum atomic E-state index is 15.1. The lowest BCUT2D eigenvalue weighted by Gasteiger charge is -2.21.